The number of benzene rings is 1. The minimum absolute atomic E-state index is 0.0198. The Balaban J connectivity index is 1.55. The van der Waals surface area contributed by atoms with Gasteiger partial charge < -0.3 is 15.5 Å². The number of anilines is 1. The predicted molar refractivity (Wildman–Crippen MR) is 98.2 cm³/mol. The SMILES string of the molecule is CC1(C)C2CC34CCCN3C(=O)[C@]2(C[C@@]12Nc1ccccc1C2=O)NC4=O. The van der Waals surface area contributed by atoms with Crippen LogP contribution in [0.25, 0.3) is 0 Å². The number of fused-ring (bicyclic) bond motifs is 2. The second kappa shape index (κ2) is 4.21. The maximum absolute atomic E-state index is 13.6. The monoisotopic (exact) mass is 365 g/mol. The van der Waals surface area contributed by atoms with Crippen LogP contribution in [0.1, 0.15) is 49.9 Å². The van der Waals surface area contributed by atoms with Crippen LogP contribution in [0.2, 0.25) is 0 Å². The van der Waals surface area contributed by atoms with Crippen molar-refractivity contribution in [1.82, 2.24) is 10.2 Å². The van der Waals surface area contributed by atoms with Gasteiger partial charge in [-0.1, -0.05) is 26.0 Å². The van der Waals surface area contributed by atoms with Crippen LogP contribution < -0.4 is 10.6 Å². The first kappa shape index (κ1) is 15.7. The molecule has 5 fully saturated rings. The standard InChI is InChI=1S/C21H23N3O3/c1-18(2)14-10-19-8-5-9-24(19)17(27)20(14,23-16(19)26)11-21(18)15(25)12-6-3-4-7-13(12)22-21/h3-4,6-7,14,22H,5,8-11H2,1-2H3,(H,23,26)/t14?,19?,20-,21+/m1/s1. The number of ketones is 1. The van der Waals surface area contributed by atoms with Gasteiger partial charge in [0.25, 0.3) is 0 Å². The highest BCUT2D eigenvalue weighted by Crippen LogP contribution is 2.66. The molecule has 1 saturated carbocycles. The second-order valence-corrected chi connectivity index (χ2v) is 9.58. The normalized spacial score (nSPS) is 42.8. The van der Waals surface area contributed by atoms with E-state index in [1.807, 2.05) is 29.2 Å². The molecule has 5 aliphatic heterocycles. The first-order chi connectivity index (χ1) is 12.8. The average molecular weight is 365 g/mol. The molecule has 2 N–H and O–H groups in total. The summed E-state index contributed by atoms with van der Waals surface area (Å²) < 4.78 is 0. The quantitative estimate of drug-likeness (QED) is 0.734. The van der Waals surface area contributed by atoms with Crippen LogP contribution in [0.15, 0.2) is 24.3 Å². The molecular formula is C21H23N3O3. The number of hydrogen-bond donors (Lipinski definition) is 2. The second-order valence-electron chi connectivity index (χ2n) is 9.58. The third-order valence-electron chi connectivity index (χ3n) is 8.43. The molecule has 1 aliphatic carbocycles. The van der Waals surface area contributed by atoms with E-state index in [0.717, 1.165) is 18.5 Å². The molecule has 3 spiro atoms. The van der Waals surface area contributed by atoms with Crippen molar-refractivity contribution >= 4 is 23.3 Å². The highest BCUT2D eigenvalue weighted by Gasteiger charge is 2.80. The van der Waals surface area contributed by atoms with Gasteiger partial charge in [0.05, 0.1) is 0 Å². The van der Waals surface area contributed by atoms with E-state index in [0.29, 0.717) is 24.9 Å². The van der Waals surface area contributed by atoms with Crippen LogP contribution in [-0.2, 0) is 9.59 Å². The predicted octanol–water partition coefficient (Wildman–Crippen LogP) is 1.71. The summed E-state index contributed by atoms with van der Waals surface area (Å²) in [6.07, 6.45) is 2.57. The lowest BCUT2D eigenvalue weighted by Crippen LogP contribution is -2.81. The highest BCUT2D eigenvalue weighted by molar-refractivity contribution is 6.16. The lowest BCUT2D eigenvalue weighted by atomic mass is 9.59. The van der Waals surface area contributed by atoms with Crippen molar-refractivity contribution < 1.29 is 14.4 Å². The number of amides is 2. The van der Waals surface area contributed by atoms with E-state index >= 15 is 0 Å². The van der Waals surface area contributed by atoms with Crippen molar-refractivity contribution in [2.45, 2.75) is 56.1 Å². The number of carbonyl (C=O) groups excluding carboxylic acids is 3. The molecule has 0 aromatic heterocycles. The van der Waals surface area contributed by atoms with Crippen molar-refractivity contribution in [2.24, 2.45) is 11.3 Å². The van der Waals surface area contributed by atoms with Gasteiger partial charge in [0, 0.05) is 35.5 Å². The van der Waals surface area contributed by atoms with E-state index in [1.165, 1.54) is 0 Å². The summed E-state index contributed by atoms with van der Waals surface area (Å²) in [7, 11) is 0. The topological polar surface area (TPSA) is 78.5 Å². The minimum atomic E-state index is -0.975. The van der Waals surface area contributed by atoms with Gasteiger partial charge in [-0.2, -0.15) is 0 Å². The first-order valence-corrected chi connectivity index (χ1v) is 9.85. The smallest absolute Gasteiger partial charge is 0.249 e. The van der Waals surface area contributed by atoms with Crippen LogP contribution in [0.5, 0.6) is 0 Å². The molecule has 2 unspecified atom stereocenters. The molecule has 1 aromatic carbocycles. The Kier molecular flexibility index (Phi) is 2.44. The zero-order chi connectivity index (χ0) is 18.8. The fourth-order valence-electron chi connectivity index (χ4n) is 7.02. The molecule has 2 amide bonds. The van der Waals surface area contributed by atoms with Crippen LogP contribution in [-0.4, -0.2) is 45.7 Å². The van der Waals surface area contributed by atoms with E-state index < -0.39 is 22.0 Å². The maximum atomic E-state index is 13.6. The van der Waals surface area contributed by atoms with Gasteiger partial charge in [-0.15, -0.1) is 0 Å². The van der Waals surface area contributed by atoms with E-state index in [1.54, 1.807) is 0 Å². The van der Waals surface area contributed by atoms with Crippen LogP contribution >= 0.6 is 0 Å². The fourth-order valence-corrected chi connectivity index (χ4v) is 7.02. The fraction of sp³-hybridized carbons (Fsp3) is 0.571. The summed E-state index contributed by atoms with van der Waals surface area (Å²) in [6.45, 7) is 4.84. The van der Waals surface area contributed by atoms with Gasteiger partial charge in [-0.25, -0.2) is 0 Å². The molecule has 4 atom stereocenters. The van der Waals surface area contributed by atoms with Crippen LogP contribution in [0, 0.1) is 11.3 Å². The molecule has 7 rings (SSSR count). The van der Waals surface area contributed by atoms with Gasteiger partial charge in [-0.3, -0.25) is 14.4 Å². The molecular weight excluding hydrogens is 342 g/mol. The maximum Gasteiger partial charge on any atom is 0.249 e. The number of Topliss-reactive ketones (excluding diaryl/α,β-unsaturated/α-hetero) is 1. The molecule has 140 valence electrons. The number of hydrogen-bond acceptors (Lipinski definition) is 4. The lowest BCUT2D eigenvalue weighted by molar-refractivity contribution is -0.175. The van der Waals surface area contributed by atoms with E-state index in [9.17, 15) is 14.4 Å². The van der Waals surface area contributed by atoms with Gasteiger partial charge in [0.1, 0.15) is 16.6 Å². The molecule has 6 heteroatoms. The van der Waals surface area contributed by atoms with Gasteiger partial charge in [-0.05, 0) is 31.4 Å². The van der Waals surface area contributed by atoms with E-state index in [2.05, 4.69) is 24.5 Å². The number of piperazine rings is 1. The summed E-state index contributed by atoms with van der Waals surface area (Å²) in [5.74, 6) is -0.0108. The van der Waals surface area contributed by atoms with Gasteiger partial charge in [0.15, 0.2) is 5.78 Å². The molecule has 1 aromatic rings. The van der Waals surface area contributed by atoms with Crippen LogP contribution in [0.4, 0.5) is 5.69 Å². The molecule has 27 heavy (non-hydrogen) atoms. The minimum Gasteiger partial charge on any atom is -0.371 e. The highest BCUT2D eigenvalue weighted by atomic mass is 16.2. The molecule has 5 heterocycles. The third-order valence-corrected chi connectivity index (χ3v) is 8.43. The first-order valence-electron chi connectivity index (χ1n) is 9.85. The molecule has 6 nitrogen and oxygen atoms in total. The molecule has 6 aliphatic rings. The largest absolute Gasteiger partial charge is 0.371 e. The number of rotatable bonds is 0. The summed E-state index contributed by atoms with van der Waals surface area (Å²) in [6, 6.07) is 7.56. The Morgan fingerprint density at radius 1 is 1.11 bits per heavy atom. The third kappa shape index (κ3) is 1.38. The molecule has 0 radical (unpaired) electrons. The van der Waals surface area contributed by atoms with Crippen LogP contribution in [0.3, 0.4) is 0 Å². The van der Waals surface area contributed by atoms with E-state index in [-0.39, 0.29) is 23.5 Å². The number of piperidine rings is 2. The van der Waals surface area contributed by atoms with Gasteiger partial charge >= 0.3 is 0 Å². The van der Waals surface area contributed by atoms with Crippen molar-refractivity contribution in [2.75, 3.05) is 11.9 Å². The van der Waals surface area contributed by atoms with Crippen molar-refractivity contribution in [3.63, 3.8) is 0 Å². The van der Waals surface area contributed by atoms with Crippen molar-refractivity contribution in [3.8, 4) is 0 Å². The summed E-state index contributed by atoms with van der Waals surface area (Å²) in [5, 5.41) is 6.65. The Hall–Kier alpha value is -2.37. The number of nitrogens with zero attached hydrogens (tertiary/aromatic N) is 1. The van der Waals surface area contributed by atoms with E-state index in [4.69, 9.17) is 0 Å². The number of para-hydroxylation sites is 1. The zero-order valence-corrected chi connectivity index (χ0v) is 15.6. The Labute approximate surface area is 157 Å². The summed E-state index contributed by atoms with van der Waals surface area (Å²) in [5.41, 5.74) is -1.49. The lowest BCUT2D eigenvalue weighted by Gasteiger charge is -2.58. The Morgan fingerprint density at radius 2 is 1.89 bits per heavy atom. The summed E-state index contributed by atoms with van der Waals surface area (Å²) >= 11 is 0. The van der Waals surface area contributed by atoms with Crippen molar-refractivity contribution in [1.29, 1.82) is 0 Å². The average Bonchev–Trinajstić information content (AvgIpc) is 3.24. The zero-order valence-electron chi connectivity index (χ0n) is 15.6. The number of carbonyl (C=O) groups is 3. The summed E-state index contributed by atoms with van der Waals surface area (Å²) in [4.78, 5) is 42.0. The number of nitrogens with one attached hydrogen (secondary N) is 2. The van der Waals surface area contributed by atoms with Crippen molar-refractivity contribution in [3.05, 3.63) is 29.8 Å². The molecule has 4 saturated heterocycles. The Bertz CT molecular complexity index is 956. The Morgan fingerprint density at radius 3 is 2.67 bits per heavy atom. The molecule has 2 bridgehead atoms. The van der Waals surface area contributed by atoms with Gasteiger partial charge in [0.2, 0.25) is 11.8 Å².